The van der Waals surface area contributed by atoms with Crippen LogP contribution in [0.3, 0.4) is 0 Å². The molecule has 2 atom stereocenters. The summed E-state index contributed by atoms with van der Waals surface area (Å²) >= 11 is 0. The van der Waals surface area contributed by atoms with Crippen LogP contribution in [0, 0.1) is 25.2 Å². The third-order valence-corrected chi connectivity index (χ3v) is 2.62. The molecule has 0 amide bonds. The van der Waals surface area contributed by atoms with Gasteiger partial charge in [0, 0.05) is 17.8 Å². The first-order valence-corrected chi connectivity index (χ1v) is 5.02. The van der Waals surface area contributed by atoms with E-state index in [-0.39, 0.29) is 12.1 Å². The normalized spacial score (nSPS) is 23.3. The van der Waals surface area contributed by atoms with Gasteiger partial charge in [0.15, 0.2) is 0 Å². The summed E-state index contributed by atoms with van der Waals surface area (Å²) in [5, 5.41) is 12.2. The van der Waals surface area contributed by atoms with E-state index in [1.807, 2.05) is 19.9 Å². The fourth-order valence-corrected chi connectivity index (χ4v) is 1.64. The van der Waals surface area contributed by atoms with Crippen molar-refractivity contribution in [1.29, 1.82) is 5.26 Å². The van der Waals surface area contributed by atoms with Gasteiger partial charge in [0.1, 0.15) is 11.9 Å². The number of rotatable bonds is 2. The maximum Gasteiger partial charge on any atom is 0.144 e. The molecule has 2 unspecified atom stereocenters. The van der Waals surface area contributed by atoms with Gasteiger partial charge >= 0.3 is 0 Å². The summed E-state index contributed by atoms with van der Waals surface area (Å²) in [6, 6.07) is 4.58. The minimum absolute atomic E-state index is 0.208. The van der Waals surface area contributed by atoms with E-state index in [1.165, 1.54) is 0 Å². The third-order valence-electron chi connectivity index (χ3n) is 2.62. The second kappa shape index (κ2) is 3.52. The Morgan fingerprint density at radius 3 is 2.80 bits per heavy atom. The molecule has 3 N–H and O–H groups in total. The van der Waals surface area contributed by atoms with E-state index in [2.05, 4.69) is 16.4 Å². The van der Waals surface area contributed by atoms with Gasteiger partial charge in [-0.3, -0.25) is 0 Å². The third kappa shape index (κ3) is 1.92. The van der Waals surface area contributed by atoms with E-state index >= 15 is 0 Å². The zero-order valence-electron chi connectivity index (χ0n) is 8.91. The monoisotopic (exact) mass is 202 g/mol. The Hall–Kier alpha value is -1.60. The molecular weight excluding hydrogens is 188 g/mol. The molecule has 0 aromatic carbocycles. The molecule has 2 rings (SSSR count). The van der Waals surface area contributed by atoms with Crippen molar-refractivity contribution in [2.45, 2.75) is 32.4 Å². The van der Waals surface area contributed by atoms with Gasteiger partial charge in [0.05, 0.1) is 5.56 Å². The standard InChI is InChI=1S/C11H14N4/c1-6-3-7(2)14-11(8(6)5-12)15-10-4-9(10)13/h3,9-10H,4,13H2,1-2H3,(H,14,15). The quantitative estimate of drug-likeness (QED) is 0.752. The van der Waals surface area contributed by atoms with Crippen LogP contribution in [0.2, 0.25) is 0 Å². The van der Waals surface area contributed by atoms with Gasteiger partial charge in [0.2, 0.25) is 0 Å². The first kappa shape index (κ1) is 9.94. The van der Waals surface area contributed by atoms with Gasteiger partial charge in [-0.1, -0.05) is 0 Å². The average Bonchev–Trinajstić information content (AvgIpc) is 2.81. The van der Waals surface area contributed by atoms with Crippen LogP contribution in [0.1, 0.15) is 23.2 Å². The number of aromatic nitrogens is 1. The molecule has 1 aliphatic rings. The largest absolute Gasteiger partial charge is 0.365 e. The number of nitriles is 1. The summed E-state index contributed by atoms with van der Waals surface area (Å²) in [7, 11) is 0. The first-order valence-electron chi connectivity index (χ1n) is 5.02. The predicted octanol–water partition coefficient (Wildman–Crippen LogP) is 1.08. The highest BCUT2D eigenvalue weighted by molar-refractivity contribution is 5.57. The van der Waals surface area contributed by atoms with Crippen molar-refractivity contribution in [2.24, 2.45) is 5.73 Å². The highest BCUT2D eigenvalue weighted by Crippen LogP contribution is 2.26. The summed E-state index contributed by atoms with van der Waals surface area (Å²) in [6.45, 7) is 3.84. The van der Waals surface area contributed by atoms with Crippen LogP contribution in [0.4, 0.5) is 5.82 Å². The number of anilines is 1. The molecule has 4 heteroatoms. The Balaban J connectivity index is 2.32. The van der Waals surface area contributed by atoms with E-state index in [1.54, 1.807) is 0 Å². The van der Waals surface area contributed by atoms with Crippen molar-refractivity contribution in [3.8, 4) is 6.07 Å². The van der Waals surface area contributed by atoms with Gasteiger partial charge in [-0.15, -0.1) is 0 Å². The lowest BCUT2D eigenvalue weighted by Crippen LogP contribution is -2.15. The molecule has 15 heavy (non-hydrogen) atoms. The van der Waals surface area contributed by atoms with Crippen LogP contribution in [-0.4, -0.2) is 17.1 Å². The molecule has 0 saturated heterocycles. The van der Waals surface area contributed by atoms with Gasteiger partial charge in [0.25, 0.3) is 0 Å². The lowest BCUT2D eigenvalue weighted by Gasteiger charge is -2.09. The van der Waals surface area contributed by atoms with E-state index in [0.29, 0.717) is 11.4 Å². The smallest absolute Gasteiger partial charge is 0.144 e. The first-order chi connectivity index (χ1) is 7.11. The number of pyridine rings is 1. The number of hydrogen-bond acceptors (Lipinski definition) is 4. The maximum atomic E-state index is 9.03. The molecule has 1 aromatic rings. The molecule has 1 heterocycles. The molecule has 1 aliphatic carbocycles. The Morgan fingerprint density at radius 1 is 1.60 bits per heavy atom. The van der Waals surface area contributed by atoms with Gasteiger partial charge in [-0.05, 0) is 31.9 Å². The van der Waals surface area contributed by atoms with Crippen molar-refractivity contribution in [2.75, 3.05) is 5.32 Å². The summed E-state index contributed by atoms with van der Waals surface area (Å²) in [5.41, 5.74) is 8.21. The summed E-state index contributed by atoms with van der Waals surface area (Å²) < 4.78 is 0. The molecule has 0 radical (unpaired) electrons. The second-order valence-electron chi connectivity index (χ2n) is 4.07. The van der Waals surface area contributed by atoms with Crippen LogP contribution in [0.25, 0.3) is 0 Å². The molecule has 1 saturated carbocycles. The fourth-order valence-electron chi connectivity index (χ4n) is 1.64. The molecular formula is C11H14N4. The Labute approximate surface area is 89.1 Å². The van der Waals surface area contributed by atoms with Gasteiger partial charge in [-0.25, -0.2) is 4.98 Å². The topological polar surface area (TPSA) is 74.7 Å². The minimum Gasteiger partial charge on any atom is -0.365 e. The molecule has 1 fully saturated rings. The Bertz CT molecular complexity index is 433. The Kier molecular flexibility index (Phi) is 2.33. The van der Waals surface area contributed by atoms with Crippen LogP contribution in [-0.2, 0) is 0 Å². The minimum atomic E-state index is 0.208. The van der Waals surface area contributed by atoms with Crippen molar-refractivity contribution < 1.29 is 0 Å². The predicted molar refractivity (Wildman–Crippen MR) is 58.4 cm³/mol. The van der Waals surface area contributed by atoms with Crippen molar-refractivity contribution in [3.05, 3.63) is 22.9 Å². The van der Waals surface area contributed by atoms with Crippen molar-refractivity contribution in [3.63, 3.8) is 0 Å². The number of nitrogens with two attached hydrogens (primary N) is 1. The van der Waals surface area contributed by atoms with Crippen LogP contribution >= 0.6 is 0 Å². The van der Waals surface area contributed by atoms with E-state index in [9.17, 15) is 0 Å². The molecule has 0 bridgehead atoms. The molecule has 1 aromatic heterocycles. The fraction of sp³-hybridized carbons (Fsp3) is 0.455. The maximum absolute atomic E-state index is 9.03. The number of aryl methyl sites for hydroxylation is 2. The number of hydrogen-bond donors (Lipinski definition) is 2. The molecule has 78 valence electrons. The van der Waals surface area contributed by atoms with Crippen molar-refractivity contribution in [1.82, 2.24) is 4.98 Å². The van der Waals surface area contributed by atoms with Crippen LogP contribution in [0.5, 0.6) is 0 Å². The SMILES string of the molecule is Cc1cc(C)c(C#N)c(NC2CC2N)n1. The molecule has 0 spiro atoms. The number of nitrogens with one attached hydrogen (secondary N) is 1. The highest BCUT2D eigenvalue weighted by Gasteiger charge is 2.34. The zero-order valence-corrected chi connectivity index (χ0v) is 8.91. The van der Waals surface area contributed by atoms with E-state index in [0.717, 1.165) is 17.7 Å². The average molecular weight is 202 g/mol. The lowest BCUT2D eigenvalue weighted by atomic mass is 10.1. The van der Waals surface area contributed by atoms with E-state index < -0.39 is 0 Å². The molecule has 0 aliphatic heterocycles. The summed E-state index contributed by atoms with van der Waals surface area (Å²) in [6.07, 6.45) is 0.958. The van der Waals surface area contributed by atoms with Gasteiger partial charge < -0.3 is 11.1 Å². The van der Waals surface area contributed by atoms with E-state index in [4.69, 9.17) is 11.0 Å². The summed E-state index contributed by atoms with van der Waals surface area (Å²) in [5.74, 6) is 0.674. The molecule has 4 nitrogen and oxygen atoms in total. The highest BCUT2D eigenvalue weighted by atomic mass is 15.1. The zero-order chi connectivity index (χ0) is 11.0. The van der Waals surface area contributed by atoms with Gasteiger partial charge in [-0.2, -0.15) is 5.26 Å². The summed E-state index contributed by atoms with van der Waals surface area (Å²) in [4.78, 5) is 4.33. The van der Waals surface area contributed by atoms with Crippen molar-refractivity contribution >= 4 is 5.82 Å². The second-order valence-corrected chi connectivity index (χ2v) is 4.07. The Morgan fingerprint density at radius 2 is 2.27 bits per heavy atom. The van der Waals surface area contributed by atoms with Crippen LogP contribution in [0.15, 0.2) is 6.07 Å². The van der Waals surface area contributed by atoms with Crippen LogP contribution < -0.4 is 11.1 Å². The number of nitrogens with zero attached hydrogens (tertiary/aromatic N) is 2. The lowest BCUT2D eigenvalue weighted by molar-refractivity contribution is 0.988.